The van der Waals surface area contributed by atoms with Crippen molar-refractivity contribution in [2.75, 3.05) is 0 Å². The molecule has 0 aliphatic heterocycles. The summed E-state index contributed by atoms with van der Waals surface area (Å²) in [5.41, 5.74) is 0. The molecular weight excluding hydrogens is 160 g/mol. The van der Waals surface area contributed by atoms with Gasteiger partial charge in [0, 0.05) is 8.07 Å². The monoisotopic (exact) mass is 184 g/mol. The first kappa shape index (κ1) is 12.0. The van der Waals surface area contributed by atoms with E-state index in [1.165, 1.54) is 38.1 Å². The van der Waals surface area contributed by atoms with Crippen molar-refractivity contribution < 1.29 is 0 Å². The molecule has 0 aliphatic rings. The van der Waals surface area contributed by atoms with Crippen molar-refractivity contribution in [3.63, 3.8) is 0 Å². The Labute approximate surface area is 79.1 Å². The first-order valence-electron chi connectivity index (χ1n) is 5.17. The zero-order chi connectivity index (χ0) is 9.45. The van der Waals surface area contributed by atoms with Gasteiger partial charge >= 0.3 is 0 Å². The lowest BCUT2D eigenvalue weighted by Crippen LogP contribution is -2.18. The van der Waals surface area contributed by atoms with Crippen LogP contribution in [0.2, 0.25) is 25.7 Å². The van der Waals surface area contributed by atoms with Gasteiger partial charge in [-0.1, -0.05) is 51.0 Å². The minimum atomic E-state index is -0.746. The van der Waals surface area contributed by atoms with Gasteiger partial charge in [0.2, 0.25) is 0 Å². The smallest absolute Gasteiger partial charge is 0.0442 e. The zero-order valence-corrected chi connectivity index (χ0v) is 10.0. The largest absolute Gasteiger partial charge is 0.103 e. The Bertz CT molecular complexity index is 111. The standard InChI is InChI=1S/C11H24Si/c1-5-6-7-8-9-10-11-12(2,3)4/h5H,1,6-11H2,2-4H3. The lowest BCUT2D eigenvalue weighted by atomic mass is 10.1. The third kappa shape index (κ3) is 9.96. The van der Waals surface area contributed by atoms with Crippen LogP contribution in [0.15, 0.2) is 12.7 Å². The molecule has 12 heavy (non-hydrogen) atoms. The van der Waals surface area contributed by atoms with Crippen molar-refractivity contribution in [2.24, 2.45) is 0 Å². The summed E-state index contributed by atoms with van der Waals surface area (Å²) < 4.78 is 0. The summed E-state index contributed by atoms with van der Waals surface area (Å²) in [5.74, 6) is 0. The Hall–Kier alpha value is -0.0431. The first-order valence-corrected chi connectivity index (χ1v) is 8.88. The molecule has 0 fully saturated rings. The fraction of sp³-hybridized carbons (Fsp3) is 0.818. The van der Waals surface area contributed by atoms with Gasteiger partial charge in [0.05, 0.1) is 0 Å². The molecule has 0 aromatic rings. The average molecular weight is 184 g/mol. The number of rotatable bonds is 7. The van der Waals surface area contributed by atoms with Gasteiger partial charge in [0.15, 0.2) is 0 Å². The Morgan fingerprint density at radius 2 is 1.58 bits per heavy atom. The van der Waals surface area contributed by atoms with Crippen LogP contribution in [0.1, 0.15) is 32.1 Å². The van der Waals surface area contributed by atoms with E-state index >= 15 is 0 Å². The predicted molar refractivity (Wildman–Crippen MR) is 61.4 cm³/mol. The Morgan fingerprint density at radius 3 is 2.08 bits per heavy atom. The van der Waals surface area contributed by atoms with Crippen molar-refractivity contribution in [3.05, 3.63) is 12.7 Å². The molecule has 0 unspecified atom stereocenters. The molecule has 0 rings (SSSR count). The van der Waals surface area contributed by atoms with Crippen molar-refractivity contribution in [3.8, 4) is 0 Å². The third-order valence-corrected chi connectivity index (χ3v) is 3.94. The van der Waals surface area contributed by atoms with Gasteiger partial charge in [-0.3, -0.25) is 0 Å². The van der Waals surface area contributed by atoms with E-state index in [-0.39, 0.29) is 0 Å². The molecule has 0 bridgehead atoms. The van der Waals surface area contributed by atoms with E-state index in [1.807, 2.05) is 6.08 Å². The quantitative estimate of drug-likeness (QED) is 0.311. The molecule has 0 atom stereocenters. The van der Waals surface area contributed by atoms with Crippen molar-refractivity contribution in [1.82, 2.24) is 0 Å². The summed E-state index contributed by atoms with van der Waals surface area (Å²) in [5, 5.41) is 0. The normalized spacial score (nSPS) is 11.6. The van der Waals surface area contributed by atoms with Crippen molar-refractivity contribution in [2.45, 2.75) is 57.8 Å². The van der Waals surface area contributed by atoms with Crippen LogP contribution in [0.25, 0.3) is 0 Å². The lowest BCUT2D eigenvalue weighted by molar-refractivity contribution is 0.671. The Morgan fingerprint density at radius 1 is 1.00 bits per heavy atom. The van der Waals surface area contributed by atoms with Crippen LogP contribution in [0.4, 0.5) is 0 Å². The van der Waals surface area contributed by atoms with Crippen LogP contribution < -0.4 is 0 Å². The third-order valence-electron chi connectivity index (χ3n) is 2.09. The highest BCUT2D eigenvalue weighted by Crippen LogP contribution is 2.14. The second-order valence-electron chi connectivity index (χ2n) is 4.80. The molecule has 1 heteroatoms. The fourth-order valence-corrected chi connectivity index (χ4v) is 2.61. The average Bonchev–Trinajstić information content (AvgIpc) is 1.94. The molecule has 0 radical (unpaired) electrons. The molecule has 0 aromatic heterocycles. The van der Waals surface area contributed by atoms with Gasteiger partial charge in [-0.25, -0.2) is 0 Å². The summed E-state index contributed by atoms with van der Waals surface area (Å²) >= 11 is 0. The topological polar surface area (TPSA) is 0 Å². The molecular formula is C11H24Si. The van der Waals surface area contributed by atoms with E-state index in [0.717, 1.165) is 0 Å². The minimum absolute atomic E-state index is 0.746. The first-order chi connectivity index (χ1) is 5.56. The Kier molecular flexibility index (Phi) is 6.45. The number of allylic oxidation sites excluding steroid dienone is 1. The van der Waals surface area contributed by atoms with E-state index in [0.29, 0.717) is 0 Å². The van der Waals surface area contributed by atoms with E-state index in [2.05, 4.69) is 26.2 Å². The molecule has 0 aromatic carbocycles. The SMILES string of the molecule is C=CCCCCCC[Si](C)(C)C. The highest BCUT2D eigenvalue weighted by atomic mass is 28.3. The second kappa shape index (κ2) is 6.47. The number of unbranched alkanes of at least 4 members (excludes halogenated alkanes) is 4. The van der Waals surface area contributed by atoms with Gasteiger partial charge in [-0.15, -0.1) is 6.58 Å². The molecule has 0 nitrogen and oxygen atoms in total. The summed E-state index contributed by atoms with van der Waals surface area (Å²) in [6.45, 7) is 11.1. The van der Waals surface area contributed by atoms with E-state index in [9.17, 15) is 0 Å². The molecule has 72 valence electrons. The lowest BCUT2D eigenvalue weighted by Gasteiger charge is -2.14. The van der Waals surface area contributed by atoms with Gasteiger partial charge in [0.25, 0.3) is 0 Å². The van der Waals surface area contributed by atoms with Gasteiger partial charge < -0.3 is 0 Å². The molecule has 0 amide bonds. The summed E-state index contributed by atoms with van der Waals surface area (Å²) in [6, 6.07) is 1.50. The molecule has 0 heterocycles. The highest BCUT2D eigenvalue weighted by Gasteiger charge is 2.10. The maximum Gasteiger partial charge on any atom is 0.0442 e. The van der Waals surface area contributed by atoms with Gasteiger partial charge in [-0.05, 0) is 12.8 Å². The molecule has 0 saturated heterocycles. The molecule has 0 spiro atoms. The van der Waals surface area contributed by atoms with Crippen LogP contribution in [0, 0.1) is 0 Å². The summed E-state index contributed by atoms with van der Waals surface area (Å²) in [4.78, 5) is 0. The maximum absolute atomic E-state index is 3.72. The number of hydrogen-bond donors (Lipinski definition) is 0. The predicted octanol–water partition coefficient (Wildman–Crippen LogP) is 4.46. The summed E-state index contributed by atoms with van der Waals surface area (Å²) in [7, 11) is -0.746. The van der Waals surface area contributed by atoms with E-state index < -0.39 is 8.07 Å². The Balaban J connectivity index is 3.06. The van der Waals surface area contributed by atoms with E-state index in [4.69, 9.17) is 0 Å². The van der Waals surface area contributed by atoms with Crippen LogP contribution in [-0.2, 0) is 0 Å². The van der Waals surface area contributed by atoms with Crippen molar-refractivity contribution >= 4 is 8.07 Å². The van der Waals surface area contributed by atoms with Crippen LogP contribution in [0.3, 0.4) is 0 Å². The minimum Gasteiger partial charge on any atom is -0.103 e. The van der Waals surface area contributed by atoms with E-state index in [1.54, 1.807) is 0 Å². The molecule has 0 aliphatic carbocycles. The fourth-order valence-electron chi connectivity index (χ4n) is 1.30. The van der Waals surface area contributed by atoms with Crippen LogP contribution in [0.5, 0.6) is 0 Å². The van der Waals surface area contributed by atoms with Gasteiger partial charge in [0.1, 0.15) is 0 Å². The highest BCUT2D eigenvalue weighted by molar-refractivity contribution is 6.76. The number of hydrogen-bond acceptors (Lipinski definition) is 0. The van der Waals surface area contributed by atoms with Crippen molar-refractivity contribution in [1.29, 1.82) is 0 Å². The summed E-state index contributed by atoms with van der Waals surface area (Å²) in [6.07, 6.45) is 8.85. The zero-order valence-electron chi connectivity index (χ0n) is 9.03. The van der Waals surface area contributed by atoms with Crippen LogP contribution >= 0.6 is 0 Å². The van der Waals surface area contributed by atoms with Crippen LogP contribution in [-0.4, -0.2) is 8.07 Å². The van der Waals surface area contributed by atoms with Gasteiger partial charge in [-0.2, -0.15) is 0 Å². The molecule has 0 saturated carbocycles. The second-order valence-corrected chi connectivity index (χ2v) is 10.4. The maximum atomic E-state index is 3.72. The molecule has 0 N–H and O–H groups in total.